The standard InChI is InChI=1S/C11H22O/c1-3-4-7-11(12)8-5-6-10(2)9-11/h10,12H,3-9H2,1-2H3. The van der Waals surface area contributed by atoms with Crippen LogP contribution in [-0.4, -0.2) is 10.7 Å². The van der Waals surface area contributed by atoms with E-state index in [2.05, 4.69) is 13.8 Å². The van der Waals surface area contributed by atoms with Gasteiger partial charge in [0.15, 0.2) is 0 Å². The van der Waals surface area contributed by atoms with Gasteiger partial charge in [-0.15, -0.1) is 0 Å². The Morgan fingerprint density at radius 3 is 2.83 bits per heavy atom. The molecule has 1 rings (SSSR count). The van der Waals surface area contributed by atoms with Gasteiger partial charge in [0.1, 0.15) is 0 Å². The van der Waals surface area contributed by atoms with Crippen LogP contribution >= 0.6 is 0 Å². The van der Waals surface area contributed by atoms with Gasteiger partial charge in [-0.2, -0.15) is 0 Å². The summed E-state index contributed by atoms with van der Waals surface area (Å²) in [4.78, 5) is 0. The van der Waals surface area contributed by atoms with Gasteiger partial charge in [0, 0.05) is 0 Å². The van der Waals surface area contributed by atoms with Crippen molar-refractivity contribution in [3.63, 3.8) is 0 Å². The number of hydrogen-bond acceptors (Lipinski definition) is 1. The van der Waals surface area contributed by atoms with E-state index in [0.717, 1.165) is 25.2 Å². The van der Waals surface area contributed by atoms with Gasteiger partial charge in [0.2, 0.25) is 0 Å². The van der Waals surface area contributed by atoms with Gasteiger partial charge in [0.25, 0.3) is 0 Å². The summed E-state index contributed by atoms with van der Waals surface area (Å²) in [6, 6.07) is 0. The van der Waals surface area contributed by atoms with Crippen molar-refractivity contribution in [2.45, 2.75) is 64.4 Å². The summed E-state index contributed by atoms with van der Waals surface area (Å²) in [7, 11) is 0. The van der Waals surface area contributed by atoms with Crippen LogP contribution in [0.4, 0.5) is 0 Å². The normalized spacial score (nSPS) is 36.8. The highest BCUT2D eigenvalue weighted by Gasteiger charge is 2.31. The number of aliphatic hydroxyl groups is 1. The molecule has 1 fully saturated rings. The van der Waals surface area contributed by atoms with E-state index in [1.807, 2.05) is 0 Å². The van der Waals surface area contributed by atoms with Gasteiger partial charge in [0.05, 0.1) is 5.60 Å². The molecule has 1 aliphatic rings. The predicted octanol–water partition coefficient (Wildman–Crippen LogP) is 3.12. The zero-order valence-corrected chi connectivity index (χ0v) is 8.47. The molecule has 2 atom stereocenters. The average molecular weight is 170 g/mol. The van der Waals surface area contributed by atoms with Crippen molar-refractivity contribution in [2.75, 3.05) is 0 Å². The first-order valence-corrected chi connectivity index (χ1v) is 5.39. The van der Waals surface area contributed by atoms with Gasteiger partial charge in [-0.05, 0) is 25.2 Å². The van der Waals surface area contributed by atoms with Crippen molar-refractivity contribution in [1.82, 2.24) is 0 Å². The third-order valence-electron chi connectivity index (χ3n) is 3.06. The van der Waals surface area contributed by atoms with Crippen LogP contribution in [0.1, 0.15) is 58.8 Å². The minimum atomic E-state index is -0.298. The van der Waals surface area contributed by atoms with Crippen LogP contribution in [0.3, 0.4) is 0 Å². The summed E-state index contributed by atoms with van der Waals surface area (Å²) < 4.78 is 0. The summed E-state index contributed by atoms with van der Waals surface area (Å²) in [6.07, 6.45) is 8.02. The molecule has 0 aromatic carbocycles. The molecule has 0 radical (unpaired) electrons. The van der Waals surface area contributed by atoms with E-state index in [-0.39, 0.29) is 5.60 Å². The van der Waals surface area contributed by atoms with Crippen molar-refractivity contribution in [3.8, 4) is 0 Å². The number of hydrogen-bond donors (Lipinski definition) is 1. The first kappa shape index (κ1) is 10.0. The number of unbranched alkanes of at least 4 members (excludes halogenated alkanes) is 1. The van der Waals surface area contributed by atoms with Crippen LogP contribution < -0.4 is 0 Å². The quantitative estimate of drug-likeness (QED) is 0.690. The molecular weight excluding hydrogens is 148 g/mol. The van der Waals surface area contributed by atoms with Crippen LogP contribution in [0.15, 0.2) is 0 Å². The lowest BCUT2D eigenvalue weighted by Gasteiger charge is -2.35. The van der Waals surface area contributed by atoms with Gasteiger partial charge in [-0.25, -0.2) is 0 Å². The molecule has 0 spiro atoms. The molecular formula is C11H22O. The smallest absolute Gasteiger partial charge is 0.0650 e. The average Bonchev–Trinajstić information content (AvgIpc) is 2.01. The summed E-state index contributed by atoms with van der Waals surface area (Å²) in [6.45, 7) is 4.45. The van der Waals surface area contributed by atoms with E-state index in [1.54, 1.807) is 0 Å². The molecule has 0 bridgehead atoms. The highest BCUT2D eigenvalue weighted by Crippen LogP contribution is 2.35. The molecule has 2 unspecified atom stereocenters. The molecule has 1 N–H and O–H groups in total. The van der Waals surface area contributed by atoms with E-state index in [9.17, 15) is 5.11 Å². The van der Waals surface area contributed by atoms with Crippen molar-refractivity contribution in [1.29, 1.82) is 0 Å². The highest BCUT2D eigenvalue weighted by atomic mass is 16.3. The lowest BCUT2D eigenvalue weighted by molar-refractivity contribution is -0.0216. The second-order valence-electron chi connectivity index (χ2n) is 4.53. The first-order valence-electron chi connectivity index (χ1n) is 5.39. The van der Waals surface area contributed by atoms with Gasteiger partial charge in [-0.3, -0.25) is 0 Å². The first-order chi connectivity index (χ1) is 5.66. The van der Waals surface area contributed by atoms with Crippen LogP contribution in [0.25, 0.3) is 0 Å². The third-order valence-corrected chi connectivity index (χ3v) is 3.06. The molecule has 0 aromatic heterocycles. The third kappa shape index (κ3) is 2.78. The zero-order valence-electron chi connectivity index (χ0n) is 8.47. The molecule has 0 saturated heterocycles. The largest absolute Gasteiger partial charge is 0.390 e. The van der Waals surface area contributed by atoms with Crippen LogP contribution in [-0.2, 0) is 0 Å². The summed E-state index contributed by atoms with van der Waals surface area (Å²) in [5.41, 5.74) is -0.298. The highest BCUT2D eigenvalue weighted by molar-refractivity contribution is 4.84. The van der Waals surface area contributed by atoms with Crippen molar-refractivity contribution in [2.24, 2.45) is 5.92 Å². The van der Waals surface area contributed by atoms with E-state index in [0.29, 0.717) is 0 Å². The van der Waals surface area contributed by atoms with Crippen molar-refractivity contribution in [3.05, 3.63) is 0 Å². The minimum absolute atomic E-state index is 0.298. The van der Waals surface area contributed by atoms with Gasteiger partial charge < -0.3 is 5.11 Å². The Morgan fingerprint density at radius 1 is 1.50 bits per heavy atom. The fourth-order valence-corrected chi connectivity index (χ4v) is 2.37. The Kier molecular flexibility index (Phi) is 3.57. The lowest BCUT2D eigenvalue weighted by Crippen LogP contribution is -2.34. The molecule has 0 aromatic rings. The molecule has 1 heteroatoms. The van der Waals surface area contributed by atoms with E-state index in [4.69, 9.17) is 0 Å². The second kappa shape index (κ2) is 4.27. The van der Waals surface area contributed by atoms with Gasteiger partial charge >= 0.3 is 0 Å². The maximum absolute atomic E-state index is 10.2. The molecule has 1 saturated carbocycles. The summed E-state index contributed by atoms with van der Waals surface area (Å²) in [5, 5.41) is 10.2. The maximum atomic E-state index is 10.2. The summed E-state index contributed by atoms with van der Waals surface area (Å²) >= 11 is 0. The van der Waals surface area contributed by atoms with Crippen LogP contribution in [0, 0.1) is 5.92 Å². The van der Waals surface area contributed by atoms with Crippen LogP contribution in [0.5, 0.6) is 0 Å². The zero-order chi connectivity index (χ0) is 9.03. The Bertz CT molecular complexity index is 133. The molecule has 0 aliphatic heterocycles. The Morgan fingerprint density at radius 2 is 2.25 bits per heavy atom. The fourth-order valence-electron chi connectivity index (χ4n) is 2.37. The van der Waals surface area contributed by atoms with E-state index < -0.39 is 0 Å². The van der Waals surface area contributed by atoms with Crippen LogP contribution in [0.2, 0.25) is 0 Å². The summed E-state index contributed by atoms with van der Waals surface area (Å²) in [5.74, 6) is 0.737. The molecule has 1 nitrogen and oxygen atoms in total. The monoisotopic (exact) mass is 170 g/mol. The molecule has 12 heavy (non-hydrogen) atoms. The van der Waals surface area contributed by atoms with Crippen molar-refractivity contribution >= 4 is 0 Å². The number of rotatable bonds is 3. The molecule has 1 aliphatic carbocycles. The molecule has 72 valence electrons. The van der Waals surface area contributed by atoms with E-state index in [1.165, 1.54) is 25.7 Å². The molecule has 0 amide bonds. The molecule has 0 heterocycles. The SMILES string of the molecule is CCCCC1(O)CCCC(C)C1. The predicted molar refractivity (Wildman–Crippen MR) is 52.1 cm³/mol. The van der Waals surface area contributed by atoms with Crippen molar-refractivity contribution < 1.29 is 5.11 Å². The Hall–Kier alpha value is -0.0400. The maximum Gasteiger partial charge on any atom is 0.0650 e. The van der Waals surface area contributed by atoms with Gasteiger partial charge in [-0.1, -0.05) is 39.5 Å². The Balaban J connectivity index is 2.35. The lowest BCUT2D eigenvalue weighted by atomic mass is 9.76. The minimum Gasteiger partial charge on any atom is -0.390 e. The van der Waals surface area contributed by atoms with E-state index >= 15 is 0 Å². The fraction of sp³-hybridized carbons (Fsp3) is 1.00. The Labute approximate surface area is 76.2 Å². The topological polar surface area (TPSA) is 20.2 Å². The second-order valence-corrected chi connectivity index (χ2v) is 4.53.